The fourth-order valence-corrected chi connectivity index (χ4v) is 3.80. The number of carbonyl (C=O) groups excluding carboxylic acids is 1. The Bertz CT molecular complexity index is 912. The number of benzene rings is 3. The quantitative estimate of drug-likeness (QED) is 0.666. The molecule has 0 aliphatic heterocycles. The Kier molecular flexibility index (Phi) is 4.21. The van der Waals surface area contributed by atoms with Crippen molar-refractivity contribution in [3.8, 4) is 11.1 Å². The average Bonchev–Trinajstić information content (AvgIpc) is 2.93. The predicted molar refractivity (Wildman–Crippen MR) is 105 cm³/mol. The van der Waals surface area contributed by atoms with Gasteiger partial charge in [0.2, 0.25) is 0 Å². The molecule has 3 nitrogen and oxygen atoms in total. The first-order chi connectivity index (χ1) is 12.6. The standard InChI is InChI=1S/C23H21NO2/c1-15-11-16(2)13-17(12-15)24-23(25)26-14-22-20-9-5-3-7-18(20)19-8-4-6-10-21(19)22/h3-13,22H,14H2,1-2H3,(H,24,25). The smallest absolute Gasteiger partial charge is 0.411 e. The maximum absolute atomic E-state index is 12.3. The number of hydrogen-bond donors (Lipinski definition) is 1. The summed E-state index contributed by atoms with van der Waals surface area (Å²) in [4.78, 5) is 12.3. The molecule has 1 amide bonds. The summed E-state index contributed by atoms with van der Waals surface area (Å²) in [5.74, 6) is 0.0763. The minimum absolute atomic E-state index is 0.0763. The summed E-state index contributed by atoms with van der Waals surface area (Å²) in [7, 11) is 0. The number of rotatable bonds is 3. The number of ether oxygens (including phenoxy) is 1. The van der Waals surface area contributed by atoms with Crippen LogP contribution in [0.2, 0.25) is 0 Å². The van der Waals surface area contributed by atoms with E-state index in [2.05, 4.69) is 35.6 Å². The molecule has 0 radical (unpaired) electrons. The van der Waals surface area contributed by atoms with Crippen LogP contribution in [-0.2, 0) is 4.74 Å². The fraction of sp³-hybridized carbons (Fsp3) is 0.174. The largest absolute Gasteiger partial charge is 0.448 e. The number of nitrogens with one attached hydrogen (secondary N) is 1. The van der Waals surface area contributed by atoms with E-state index in [-0.39, 0.29) is 5.92 Å². The van der Waals surface area contributed by atoms with Crippen molar-refractivity contribution < 1.29 is 9.53 Å². The van der Waals surface area contributed by atoms with Crippen LogP contribution < -0.4 is 5.32 Å². The third-order valence-corrected chi connectivity index (χ3v) is 4.81. The topological polar surface area (TPSA) is 38.3 Å². The molecule has 0 unspecified atom stereocenters. The highest BCUT2D eigenvalue weighted by molar-refractivity contribution is 5.85. The van der Waals surface area contributed by atoms with Crippen LogP contribution in [0.25, 0.3) is 11.1 Å². The Hall–Kier alpha value is -3.07. The molecule has 3 aromatic rings. The van der Waals surface area contributed by atoms with Gasteiger partial charge in [-0.15, -0.1) is 0 Å². The monoisotopic (exact) mass is 343 g/mol. The van der Waals surface area contributed by atoms with Crippen molar-refractivity contribution in [1.29, 1.82) is 0 Å². The number of aryl methyl sites for hydroxylation is 2. The third kappa shape index (κ3) is 3.08. The number of anilines is 1. The molecule has 3 aromatic carbocycles. The van der Waals surface area contributed by atoms with Gasteiger partial charge in [0.15, 0.2) is 0 Å². The van der Waals surface area contributed by atoms with Crippen molar-refractivity contribution in [3.05, 3.63) is 89.0 Å². The zero-order valence-corrected chi connectivity index (χ0v) is 15.0. The molecule has 0 aromatic heterocycles. The van der Waals surface area contributed by atoms with Crippen molar-refractivity contribution in [2.45, 2.75) is 19.8 Å². The van der Waals surface area contributed by atoms with Gasteiger partial charge in [-0.25, -0.2) is 4.79 Å². The van der Waals surface area contributed by atoms with Crippen molar-refractivity contribution in [1.82, 2.24) is 0 Å². The lowest BCUT2D eigenvalue weighted by Gasteiger charge is -2.15. The SMILES string of the molecule is Cc1cc(C)cc(NC(=O)OCC2c3ccccc3-c3ccccc32)c1. The summed E-state index contributed by atoms with van der Waals surface area (Å²) in [6, 6.07) is 22.6. The molecule has 1 aliphatic carbocycles. The lowest BCUT2D eigenvalue weighted by atomic mass is 9.98. The minimum atomic E-state index is -0.420. The van der Waals surface area contributed by atoms with Crippen LogP contribution in [0, 0.1) is 13.8 Å². The van der Waals surface area contributed by atoms with E-state index in [0.717, 1.165) is 16.8 Å². The van der Waals surface area contributed by atoms with Gasteiger partial charge in [0.1, 0.15) is 6.61 Å². The molecule has 0 saturated carbocycles. The van der Waals surface area contributed by atoms with Crippen molar-refractivity contribution >= 4 is 11.8 Å². The molecule has 1 aliphatic rings. The van der Waals surface area contributed by atoms with Crippen LogP contribution in [0.15, 0.2) is 66.7 Å². The van der Waals surface area contributed by atoms with Crippen LogP contribution >= 0.6 is 0 Å². The van der Waals surface area contributed by atoms with E-state index < -0.39 is 6.09 Å². The summed E-state index contributed by atoms with van der Waals surface area (Å²) in [6.07, 6.45) is -0.420. The van der Waals surface area contributed by atoms with Gasteiger partial charge in [-0.3, -0.25) is 5.32 Å². The molecule has 0 atom stereocenters. The van der Waals surface area contributed by atoms with Gasteiger partial charge in [0.05, 0.1) is 0 Å². The predicted octanol–water partition coefficient (Wildman–Crippen LogP) is 5.66. The summed E-state index contributed by atoms with van der Waals surface area (Å²) in [6.45, 7) is 4.34. The van der Waals surface area contributed by atoms with Gasteiger partial charge >= 0.3 is 6.09 Å². The van der Waals surface area contributed by atoms with Crippen LogP contribution in [0.1, 0.15) is 28.2 Å². The zero-order valence-electron chi connectivity index (χ0n) is 15.0. The maximum atomic E-state index is 12.3. The number of carbonyl (C=O) groups is 1. The molecule has 26 heavy (non-hydrogen) atoms. The Balaban J connectivity index is 1.50. The van der Waals surface area contributed by atoms with E-state index in [0.29, 0.717) is 6.61 Å². The summed E-state index contributed by atoms with van der Waals surface area (Å²) >= 11 is 0. The van der Waals surface area contributed by atoms with Crippen molar-refractivity contribution in [2.75, 3.05) is 11.9 Å². The van der Waals surface area contributed by atoms with Crippen LogP contribution in [0.4, 0.5) is 10.5 Å². The first-order valence-electron chi connectivity index (χ1n) is 8.82. The second-order valence-corrected chi connectivity index (χ2v) is 6.83. The molecular formula is C23H21NO2. The lowest BCUT2D eigenvalue weighted by molar-refractivity contribution is 0.158. The highest BCUT2D eigenvalue weighted by atomic mass is 16.5. The van der Waals surface area contributed by atoms with Gasteiger partial charge in [-0.1, -0.05) is 54.6 Å². The molecule has 0 heterocycles. The van der Waals surface area contributed by atoms with Gasteiger partial charge < -0.3 is 4.74 Å². The Morgan fingerprint density at radius 1 is 0.885 bits per heavy atom. The normalized spacial score (nSPS) is 12.4. The van der Waals surface area contributed by atoms with Crippen LogP contribution in [0.5, 0.6) is 0 Å². The third-order valence-electron chi connectivity index (χ3n) is 4.81. The lowest BCUT2D eigenvalue weighted by Crippen LogP contribution is -2.18. The summed E-state index contributed by atoms with van der Waals surface area (Å²) in [5.41, 5.74) is 7.87. The van der Waals surface area contributed by atoms with E-state index in [4.69, 9.17) is 4.74 Å². The number of hydrogen-bond acceptors (Lipinski definition) is 2. The van der Waals surface area contributed by atoms with Gasteiger partial charge in [0, 0.05) is 11.6 Å². The zero-order chi connectivity index (χ0) is 18.1. The molecule has 3 heteroatoms. The first kappa shape index (κ1) is 16.4. The van der Waals surface area contributed by atoms with E-state index in [1.54, 1.807) is 0 Å². The highest BCUT2D eigenvalue weighted by Gasteiger charge is 2.28. The molecule has 1 N–H and O–H groups in total. The molecule has 130 valence electrons. The molecule has 0 saturated heterocycles. The van der Waals surface area contributed by atoms with E-state index in [1.807, 2.05) is 50.2 Å². The summed E-state index contributed by atoms with van der Waals surface area (Å²) < 4.78 is 5.57. The van der Waals surface area contributed by atoms with Crippen molar-refractivity contribution in [2.24, 2.45) is 0 Å². The fourth-order valence-electron chi connectivity index (χ4n) is 3.80. The number of amides is 1. The molecular weight excluding hydrogens is 322 g/mol. The molecule has 0 spiro atoms. The molecule has 0 bridgehead atoms. The van der Waals surface area contributed by atoms with Gasteiger partial charge in [-0.05, 0) is 59.4 Å². The van der Waals surface area contributed by atoms with Gasteiger partial charge in [-0.2, -0.15) is 0 Å². The van der Waals surface area contributed by atoms with E-state index in [1.165, 1.54) is 22.3 Å². The van der Waals surface area contributed by atoms with Crippen LogP contribution in [-0.4, -0.2) is 12.7 Å². The maximum Gasteiger partial charge on any atom is 0.411 e. The minimum Gasteiger partial charge on any atom is -0.448 e. The Morgan fingerprint density at radius 2 is 1.42 bits per heavy atom. The number of fused-ring (bicyclic) bond motifs is 3. The van der Waals surface area contributed by atoms with Crippen molar-refractivity contribution in [3.63, 3.8) is 0 Å². The molecule has 0 fully saturated rings. The van der Waals surface area contributed by atoms with E-state index in [9.17, 15) is 4.79 Å². The Morgan fingerprint density at radius 3 is 2.00 bits per heavy atom. The average molecular weight is 343 g/mol. The summed E-state index contributed by atoms with van der Waals surface area (Å²) in [5, 5.41) is 2.83. The first-order valence-corrected chi connectivity index (χ1v) is 8.82. The van der Waals surface area contributed by atoms with Crippen LogP contribution in [0.3, 0.4) is 0 Å². The van der Waals surface area contributed by atoms with Gasteiger partial charge in [0.25, 0.3) is 0 Å². The second-order valence-electron chi connectivity index (χ2n) is 6.83. The highest BCUT2D eigenvalue weighted by Crippen LogP contribution is 2.44. The van der Waals surface area contributed by atoms with E-state index >= 15 is 0 Å². The molecule has 4 rings (SSSR count). The Labute approximate surface area is 153 Å². The second kappa shape index (κ2) is 6.68.